The molecule has 6 N–H and O–H groups in total. The Morgan fingerprint density at radius 1 is 0.661 bits per heavy atom. The zero-order valence-corrected chi connectivity index (χ0v) is 67.1. The quantitative estimate of drug-likeness (QED) is 0.0807. The van der Waals surface area contributed by atoms with Crippen LogP contribution in [0.4, 0.5) is 0 Å². The molecule has 12 aliphatic rings. The molecule has 112 heavy (non-hydrogen) atoms. The summed E-state index contributed by atoms with van der Waals surface area (Å²) in [6.45, 7) is 18.7. The van der Waals surface area contributed by atoms with Crippen LogP contribution in [0.1, 0.15) is 147 Å². The number of esters is 2. The number of nitrogens with zero attached hydrogens (tertiary/aromatic N) is 6. The molecule has 12 aliphatic heterocycles. The Bertz CT molecular complexity index is 5320. The number of ether oxygens (including phenoxy) is 8. The van der Waals surface area contributed by atoms with Crippen LogP contribution in [-0.2, 0) is 59.9 Å². The average Bonchev–Trinajstić information content (AvgIpc) is 0.917. The number of carboxylic acid groups (broad SMARTS) is 1. The number of ketones is 1. The number of hydrogen-bond donors (Lipinski definition) is 5. The zero-order chi connectivity index (χ0) is 78.4. The largest absolute Gasteiger partial charge is 0.504 e. The summed E-state index contributed by atoms with van der Waals surface area (Å²) in [5, 5.41) is 58.2. The fraction of sp³-hybridized carbons (Fsp3) is 0.452. The number of halogens is 1. The number of furan rings is 2. The van der Waals surface area contributed by atoms with E-state index >= 15 is 0 Å². The second kappa shape index (κ2) is 29.9. The number of hydrogen-bond acceptors (Lipinski definition) is 26. The van der Waals surface area contributed by atoms with Gasteiger partial charge in [-0.1, -0.05) is 35.4 Å². The van der Waals surface area contributed by atoms with Gasteiger partial charge in [0.25, 0.3) is 5.97 Å². The standard InChI is InChI=1S/C41H42N4O7S.C30H31N3O7S.C11H13NO.C2H4O2.ClH/c1-18-7-8-28-24(11-18)23-9-10-43-41(39(23)52-28)16-53-38-29-20(3)21(4)36-37(51-17-50-36)31(29)27(15-49-40(41)47)45-26(14-42)25-13-22-12-19(2)35(48-6)34(46)30(22)32(33(38)45)44(25)5;1-12-6-15-7-16-17(8-31)33-18-9-38-30(36)19(34)10-41-29(20-13(2)14(3)27-28(22(18)20)40-11-39-27)24(33)23(32(16)4)21(15)25(35)26(12)37-5;1-8-2-3-11-10(6-8)9(4-5-12)7-13-11;1-2(3)4;/h7-8,11-12,25-27,32-33,38,43,46H,9-10,13,15-17H2,1-6H3;6,16-18,23-24,29,35H,7,9-11H2,1-5H3;2-3,6-7H,4-5,12H2,1H3;1H3,(H,3,4);1H/t25-,26-,27-,32+,33+,38+,41+;16-,17-,18-,23+,24+,29+;;;/m00.../s1. The van der Waals surface area contributed by atoms with Gasteiger partial charge in [-0.3, -0.25) is 34.5 Å². The summed E-state index contributed by atoms with van der Waals surface area (Å²) in [5.74, 6) is 1.96. The van der Waals surface area contributed by atoms with E-state index in [4.69, 9.17) is 62.4 Å². The van der Waals surface area contributed by atoms with E-state index in [1.165, 1.54) is 28.3 Å². The van der Waals surface area contributed by atoms with Crippen molar-refractivity contribution < 1.29 is 81.2 Å². The van der Waals surface area contributed by atoms with Crippen molar-refractivity contribution in [1.82, 2.24) is 24.9 Å². The van der Waals surface area contributed by atoms with E-state index in [0.29, 0.717) is 71.9 Å². The van der Waals surface area contributed by atoms with Crippen LogP contribution in [-0.4, -0.2) is 175 Å². The lowest BCUT2D eigenvalue weighted by atomic mass is 9.71. The Hall–Kier alpha value is -9.39. The number of methoxy groups -OCH3 is 2. The van der Waals surface area contributed by atoms with Crippen LogP contribution in [0.25, 0.3) is 21.9 Å². The van der Waals surface area contributed by atoms with Gasteiger partial charge in [-0.2, -0.15) is 10.5 Å². The molecule has 0 saturated carbocycles. The van der Waals surface area contributed by atoms with Gasteiger partial charge < -0.3 is 67.8 Å². The third kappa shape index (κ3) is 12.0. The van der Waals surface area contributed by atoms with E-state index in [-0.39, 0.29) is 103 Å². The first-order chi connectivity index (χ1) is 53.3. The number of fused-ring (bicyclic) bond motifs is 21. The van der Waals surface area contributed by atoms with Crippen LogP contribution in [0.15, 0.2) is 63.6 Å². The van der Waals surface area contributed by atoms with Crippen LogP contribution >= 0.6 is 35.9 Å². The molecule has 588 valence electrons. The highest BCUT2D eigenvalue weighted by atomic mass is 35.5. The molecule has 0 unspecified atom stereocenters. The molecule has 0 radical (unpaired) electrons. The fourth-order valence-corrected chi connectivity index (χ4v) is 23.1. The molecule has 4 saturated heterocycles. The lowest BCUT2D eigenvalue weighted by Gasteiger charge is -2.62. The number of phenolic OH excluding ortho intramolecular Hbond substituents is 2. The molecular formula is C84H91ClN8O17S2. The molecule has 0 amide bonds. The van der Waals surface area contributed by atoms with Gasteiger partial charge in [-0.25, -0.2) is 9.59 Å². The first-order valence-corrected chi connectivity index (χ1v) is 39.6. The molecule has 6 aromatic carbocycles. The van der Waals surface area contributed by atoms with Crippen LogP contribution in [0.5, 0.6) is 46.0 Å². The molecule has 4 fully saturated rings. The van der Waals surface area contributed by atoms with E-state index in [2.05, 4.69) is 102 Å². The van der Waals surface area contributed by atoms with Crippen LogP contribution in [0.2, 0.25) is 0 Å². The van der Waals surface area contributed by atoms with Gasteiger partial charge in [-0.15, -0.1) is 35.9 Å². The van der Waals surface area contributed by atoms with Gasteiger partial charge in [0, 0.05) is 92.5 Å². The van der Waals surface area contributed by atoms with Gasteiger partial charge in [0.1, 0.15) is 42.2 Å². The highest BCUT2D eigenvalue weighted by molar-refractivity contribution is 8.00. The molecule has 20 rings (SSSR count). The first kappa shape index (κ1) is 77.9. The number of benzene rings is 6. The number of nitrogens with one attached hydrogen (secondary N) is 1. The number of cyclic esters (lactones) is 1. The number of aryl methyl sites for hydroxylation is 4. The molecule has 8 aromatic rings. The summed E-state index contributed by atoms with van der Waals surface area (Å²) in [6.07, 6.45) is 4.55. The number of aromatic hydroxyl groups is 2. The number of rotatable bonds is 4. The van der Waals surface area contributed by atoms with Crippen molar-refractivity contribution in [1.29, 1.82) is 10.5 Å². The summed E-state index contributed by atoms with van der Waals surface area (Å²) in [6, 6.07) is 18.0. The van der Waals surface area contributed by atoms with E-state index in [1.54, 1.807) is 32.2 Å². The number of likely N-dealkylation sites (N-methyl/N-ethyl adjacent to an activating group) is 2. The van der Waals surface area contributed by atoms with E-state index in [9.17, 15) is 35.1 Å². The lowest BCUT2D eigenvalue weighted by Crippen LogP contribution is -2.69. The minimum absolute atomic E-state index is 0. The molecule has 25 nitrogen and oxygen atoms in total. The topological polar surface area (TPSA) is 328 Å². The molecule has 28 heteroatoms. The minimum Gasteiger partial charge on any atom is -0.504 e. The van der Waals surface area contributed by atoms with E-state index < -0.39 is 53.4 Å². The number of carbonyl (C=O) groups excluding carboxylic acids is 3. The van der Waals surface area contributed by atoms with Crippen LogP contribution < -0.4 is 39.5 Å². The second-order valence-corrected chi connectivity index (χ2v) is 33.1. The maximum absolute atomic E-state index is 14.8. The summed E-state index contributed by atoms with van der Waals surface area (Å²) >= 11 is 3.06. The Labute approximate surface area is 663 Å². The van der Waals surface area contributed by atoms with Crippen LogP contribution in [0.3, 0.4) is 0 Å². The van der Waals surface area contributed by atoms with Crippen molar-refractivity contribution >= 4 is 81.6 Å². The van der Waals surface area contributed by atoms with Gasteiger partial charge in [-0.05, 0) is 187 Å². The number of thioether (sulfide) groups is 2. The average molecular weight is 1580 g/mol. The number of carboxylic acids is 1. The monoisotopic (exact) mass is 1580 g/mol. The van der Waals surface area contributed by atoms with Crippen molar-refractivity contribution in [2.75, 3.05) is 79.7 Å². The summed E-state index contributed by atoms with van der Waals surface area (Å²) in [4.78, 5) is 58.2. The third-order valence-electron chi connectivity index (χ3n) is 24.9. The maximum atomic E-state index is 14.8. The van der Waals surface area contributed by atoms with E-state index in [0.717, 1.165) is 125 Å². The molecule has 14 heterocycles. The Morgan fingerprint density at radius 2 is 1.15 bits per heavy atom. The summed E-state index contributed by atoms with van der Waals surface area (Å²) in [5.41, 5.74) is 23.9. The van der Waals surface area contributed by atoms with Gasteiger partial charge in [0.15, 0.2) is 51.5 Å². The fourth-order valence-electron chi connectivity index (χ4n) is 20.0. The van der Waals surface area contributed by atoms with Crippen molar-refractivity contribution in [3.63, 3.8) is 0 Å². The van der Waals surface area contributed by atoms with Crippen molar-refractivity contribution in [2.45, 2.75) is 164 Å². The molecule has 2 aromatic heterocycles. The predicted molar refractivity (Wildman–Crippen MR) is 420 cm³/mol. The smallest absolute Gasteiger partial charge is 0.375 e. The van der Waals surface area contributed by atoms with E-state index in [1.807, 2.05) is 52.9 Å². The number of phenols is 2. The molecule has 1 spiro atoms. The number of nitriles is 2. The molecule has 0 aliphatic carbocycles. The summed E-state index contributed by atoms with van der Waals surface area (Å²) < 4.78 is 60.0. The number of aliphatic carboxylic acids is 1. The maximum Gasteiger partial charge on any atom is 0.375 e. The normalized spacial score (nSPS) is 26.7. The van der Waals surface area contributed by atoms with Crippen LogP contribution in [0, 0.1) is 78.1 Å². The lowest BCUT2D eigenvalue weighted by molar-refractivity contribution is -0.158. The summed E-state index contributed by atoms with van der Waals surface area (Å²) in [7, 11) is 7.23. The Balaban J connectivity index is 0.000000148. The van der Waals surface area contributed by atoms with Gasteiger partial charge >= 0.3 is 11.9 Å². The number of Topliss-reactive ketones (excluding diaryl/α,β-unsaturated/α-hetero) is 1. The third-order valence-corrected chi connectivity index (χ3v) is 27.7. The first-order valence-electron chi connectivity index (χ1n) is 37.5. The number of piperazine rings is 2. The highest BCUT2D eigenvalue weighted by Crippen LogP contribution is 2.66. The Kier molecular flexibility index (Phi) is 20.8. The van der Waals surface area contributed by atoms with Crippen molar-refractivity contribution in [3.8, 4) is 58.1 Å². The number of nitrogens with two attached hydrogens (primary N) is 1. The van der Waals surface area contributed by atoms with Crippen molar-refractivity contribution in [3.05, 3.63) is 161 Å². The zero-order valence-electron chi connectivity index (χ0n) is 64.7. The molecule has 8 bridgehead atoms. The Morgan fingerprint density at radius 3 is 1.66 bits per heavy atom. The van der Waals surface area contributed by atoms with Crippen molar-refractivity contribution in [2.24, 2.45) is 5.73 Å². The van der Waals surface area contributed by atoms with Gasteiger partial charge in [0.2, 0.25) is 19.4 Å². The SMILES string of the molecule is CC(=O)O.COc1c(C)cc2c(c1O)[C@@H]1[C@@H]3[C@@H]4SCC(=O)C(=O)OC[C@@H](c5c6c(c(C)c(C)c54)OCO6)N3[C@@H](C#N)[C@H](C2)N1C.COc1c(C)cc2c(c1O)[C@@H]1[C@@H]3[C@@H]4SC[C@]5(NCCc6c5oc5ccc(C)cc65)C(=O)OC[C@@H](c5c6c(c(C)c(C)c54)OCO6)N3[C@@H](C#N)[C@H](C2)N1C.Cc1ccc2occ(CCN)c2c1.Cl. The van der Waals surface area contributed by atoms with Gasteiger partial charge in [0.05, 0.1) is 62.5 Å². The molecule has 13 atom stereocenters. The second-order valence-electron chi connectivity index (χ2n) is 30.8. The predicted octanol–water partition coefficient (Wildman–Crippen LogP) is 11.6. The highest BCUT2D eigenvalue weighted by Gasteiger charge is 2.64. The minimum atomic E-state index is -1.24. The molecular weight excluding hydrogens is 1490 g/mol. The number of carbonyl (C=O) groups is 4.